The Labute approximate surface area is 180 Å². The quantitative estimate of drug-likeness (QED) is 0.443. The van der Waals surface area contributed by atoms with E-state index in [1.54, 1.807) is 11.3 Å². The number of hydrogen-bond acceptors (Lipinski definition) is 4. The first-order valence-electron chi connectivity index (χ1n) is 9.71. The minimum Gasteiger partial charge on any atom is -0.355 e. The fraction of sp³-hybridized carbons (Fsp3) is 0.381. The molecule has 0 aliphatic heterocycles. The van der Waals surface area contributed by atoms with Crippen LogP contribution in [-0.2, 0) is 25.6 Å². The summed E-state index contributed by atoms with van der Waals surface area (Å²) in [5.74, 6) is 2.51. The van der Waals surface area contributed by atoms with Gasteiger partial charge in [-0.2, -0.15) is 0 Å². The number of guanidine groups is 1. The highest BCUT2D eigenvalue weighted by Crippen LogP contribution is 2.48. The van der Waals surface area contributed by atoms with E-state index in [1.165, 1.54) is 10.4 Å². The van der Waals surface area contributed by atoms with Gasteiger partial charge in [0.2, 0.25) is 0 Å². The molecule has 152 valence electrons. The molecule has 6 nitrogen and oxygen atoms in total. The van der Waals surface area contributed by atoms with E-state index in [2.05, 4.69) is 50.5 Å². The van der Waals surface area contributed by atoms with Gasteiger partial charge in [-0.1, -0.05) is 29.8 Å². The molecular formula is C21H25ClN6S. The fourth-order valence-electron chi connectivity index (χ4n) is 3.29. The van der Waals surface area contributed by atoms with Gasteiger partial charge in [0, 0.05) is 28.9 Å². The number of thiophene rings is 1. The summed E-state index contributed by atoms with van der Waals surface area (Å²) >= 11 is 7.95. The average Bonchev–Trinajstić information content (AvgIpc) is 3.20. The van der Waals surface area contributed by atoms with Gasteiger partial charge in [0.05, 0.1) is 6.54 Å². The maximum absolute atomic E-state index is 6.21. The van der Waals surface area contributed by atoms with E-state index >= 15 is 0 Å². The van der Waals surface area contributed by atoms with Crippen LogP contribution in [0.5, 0.6) is 0 Å². The molecule has 0 saturated heterocycles. The average molecular weight is 429 g/mol. The summed E-state index contributed by atoms with van der Waals surface area (Å²) in [4.78, 5) is 6.03. The van der Waals surface area contributed by atoms with Crippen LogP contribution in [0.2, 0.25) is 5.02 Å². The van der Waals surface area contributed by atoms with Crippen LogP contribution in [0.15, 0.2) is 46.8 Å². The molecule has 8 heteroatoms. The molecule has 29 heavy (non-hydrogen) atoms. The van der Waals surface area contributed by atoms with Crippen LogP contribution in [0.3, 0.4) is 0 Å². The summed E-state index contributed by atoms with van der Waals surface area (Å²) in [6, 6.07) is 12.4. The fourth-order valence-corrected chi connectivity index (χ4v) is 4.12. The summed E-state index contributed by atoms with van der Waals surface area (Å²) in [6.45, 7) is 3.98. The van der Waals surface area contributed by atoms with Crippen LogP contribution in [0.4, 0.5) is 0 Å². The van der Waals surface area contributed by atoms with E-state index in [9.17, 15) is 0 Å². The van der Waals surface area contributed by atoms with Crippen molar-refractivity contribution in [3.05, 3.63) is 68.9 Å². The van der Waals surface area contributed by atoms with E-state index in [0.29, 0.717) is 6.54 Å². The number of rotatable bonds is 7. The van der Waals surface area contributed by atoms with Crippen molar-refractivity contribution in [2.75, 3.05) is 6.54 Å². The van der Waals surface area contributed by atoms with Gasteiger partial charge in [-0.25, -0.2) is 4.99 Å². The zero-order valence-corrected chi connectivity index (χ0v) is 18.2. The zero-order valence-electron chi connectivity index (χ0n) is 16.7. The molecule has 1 aliphatic rings. The van der Waals surface area contributed by atoms with Gasteiger partial charge < -0.3 is 15.2 Å². The Bertz CT molecular complexity index is 991. The van der Waals surface area contributed by atoms with E-state index in [0.717, 1.165) is 48.6 Å². The molecule has 0 amide bonds. The molecule has 4 rings (SSSR count). The minimum absolute atomic E-state index is 0.137. The van der Waals surface area contributed by atoms with Gasteiger partial charge in [0.1, 0.15) is 12.4 Å². The number of hydrogen-bond donors (Lipinski definition) is 2. The maximum atomic E-state index is 6.21. The van der Waals surface area contributed by atoms with Crippen LogP contribution in [0.25, 0.3) is 0 Å². The van der Waals surface area contributed by atoms with Gasteiger partial charge in [0.15, 0.2) is 11.8 Å². The Hall–Kier alpha value is -2.38. The number of aryl methyl sites for hydroxylation is 1. The van der Waals surface area contributed by atoms with Crippen molar-refractivity contribution in [2.24, 2.45) is 12.0 Å². The molecular weight excluding hydrogens is 404 g/mol. The Kier molecular flexibility index (Phi) is 5.87. The van der Waals surface area contributed by atoms with Gasteiger partial charge in [0.25, 0.3) is 0 Å². The number of halogens is 1. The van der Waals surface area contributed by atoms with Crippen LogP contribution in [0, 0.1) is 6.92 Å². The lowest BCUT2D eigenvalue weighted by Gasteiger charge is -2.19. The Morgan fingerprint density at radius 3 is 2.76 bits per heavy atom. The van der Waals surface area contributed by atoms with Crippen molar-refractivity contribution in [1.82, 2.24) is 25.4 Å². The topological polar surface area (TPSA) is 67.1 Å². The van der Waals surface area contributed by atoms with Gasteiger partial charge >= 0.3 is 0 Å². The molecule has 0 spiro atoms. The van der Waals surface area contributed by atoms with Crippen molar-refractivity contribution in [1.29, 1.82) is 0 Å². The lowest BCUT2D eigenvalue weighted by molar-refractivity contribution is 0.642. The number of nitrogens with one attached hydrogen (secondary N) is 2. The second-order valence-electron chi connectivity index (χ2n) is 7.46. The molecule has 0 atom stereocenters. The monoisotopic (exact) mass is 428 g/mol. The summed E-state index contributed by atoms with van der Waals surface area (Å²) in [5.41, 5.74) is 1.43. The van der Waals surface area contributed by atoms with Gasteiger partial charge in [-0.3, -0.25) is 0 Å². The molecule has 3 aromatic rings. The van der Waals surface area contributed by atoms with E-state index in [-0.39, 0.29) is 5.41 Å². The normalized spacial score (nSPS) is 15.3. The van der Waals surface area contributed by atoms with Crippen molar-refractivity contribution >= 4 is 28.9 Å². The predicted molar refractivity (Wildman–Crippen MR) is 118 cm³/mol. The number of nitrogens with zero attached hydrogens (tertiary/aromatic N) is 4. The molecule has 1 aromatic carbocycles. The lowest BCUT2D eigenvalue weighted by atomic mass is 9.96. The third-order valence-corrected chi connectivity index (χ3v) is 6.57. The first-order chi connectivity index (χ1) is 14.1. The largest absolute Gasteiger partial charge is 0.355 e. The molecule has 0 radical (unpaired) electrons. The van der Waals surface area contributed by atoms with Crippen molar-refractivity contribution < 1.29 is 0 Å². The number of aliphatic imine (C=N–C) groups is 1. The summed E-state index contributed by atoms with van der Waals surface area (Å²) in [7, 11) is 1.96. The first kappa shape index (κ1) is 19.9. The SMILES string of the molecule is Cc1nnc(CN=C(NCc2cccs2)NCC2(c3cccc(Cl)c3)CC2)n1C. The van der Waals surface area contributed by atoms with E-state index in [1.807, 2.05) is 30.7 Å². The van der Waals surface area contributed by atoms with Crippen LogP contribution >= 0.6 is 22.9 Å². The van der Waals surface area contributed by atoms with Gasteiger partial charge in [-0.15, -0.1) is 21.5 Å². The first-order valence-corrected chi connectivity index (χ1v) is 11.0. The molecule has 1 saturated carbocycles. The lowest BCUT2D eigenvalue weighted by Crippen LogP contribution is -2.41. The Morgan fingerprint density at radius 1 is 1.24 bits per heavy atom. The number of aromatic nitrogens is 3. The number of benzene rings is 1. The standard InChI is InChI=1S/C21H25ClN6S/c1-15-26-27-19(28(15)2)13-24-20(23-12-18-7-4-10-29-18)25-14-21(8-9-21)16-5-3-6-17(22)11-16/h3-7,10-11H,8-9,12-14H2,1-2H3,(H2,23,24,25). The Morgan fingerprint density at radius 2 is 2.10 bits per heavy atom. The maximum Gasteiger partial charge on any atom is 0.192 e. The highest BCUT2D eigenvalue weighted by atomic mass is 35.5. The summed E-state index contributed by atoms with van der Waals surface area (Å²) in [5, 5.41) is 18.2. The molecule has 2 aromatic heterocycles. The molecule has 1 aliphatic carbocycles. The third-order valence-electron chi connectivity index (χ3n) is 5.46. The van der Waals surface area contributed by atoms with Crippen molar-refractivity contribution in [3.8, 4) is 0 Å². The van der Waals surface area contributed by atoms with Crippen molar-refractivity contribution in [3.63, 3.8) is 0 Å². The van der Waals surface area contributed by atoms with Gasteiger partial charge in [-0.05, 0) is 48.9 Å². The van der Waals surface area contributed by atoms with E-state index in [4.69, 9.17) is 16.6 Å². The van der Waals surface area contributed by atoms with Crippen molar-refractivity contribution in [2.45, 2.75) is 38.3 Å². The predicted octanol–water partition coefficient (Wildman–Crippen LogP) is 3.81. The molecule has 2 N–H and O–H groups in total. The summed E-state index contributed by atoms with van der Waals surface area (Å²) in [6.07, 6.45) is 2.31. The molecule has 1 fully saturated rings. The Balaban J connectivity index is 1.46. The zero-order chi connectivity index (χ0) is 20.3. The third kappa shape index (κ3) is 4.79. The molecule has 0 bridgehead atoms. The second kappa shape index (κ2) is 8.55. The molecule has 2 heterocycles. The highest BCUT2D eigenvalue weighted by Gasteiger charge is 2.44. The highest BCUT2D eigenvalue weighted by molar-refractivity contribution is 7.09. The van der Waals surface area contributed by atoms with E-state index < -0.39 is 0 Å². The minimum atomic E-state index is 0.137. The van der Waals surface area contributed by atoms with Crippen LogP contribution in [0.1, 0.15) is 34.9 Å². The smallest absolute Gasteiger partial charge is 0.192 e. The molecule has 0 unspecified atom stereocenters. The second-order valence-corrected chi connectivity index (χ2v) is 8.93. The van der Waals surface area contributed by atoms with Crippen LogP contribution in [-0.4, -0.2) is 27.3 Å². The summed E-state index contributed by atoms with van der Waals surface area (Å²) < 4.78 is 1.97. The van der Waals surface area contributed by atoms with Crippen LogP contribution < -0.4 is 10.6 Å².